The van der Waals surface area contributed by atoms with Gasteiger partial charge in [-0.1, -0.05) is 12.2 Å². The average molecular weight is 340 g/mol. The minimum Gasteiger partial charge on any atom is -0.394 e. The van der Waals surface area contributed by atoms with Gasteiger partial charge in [-0.15, -0.1) is 0 Å². The topological polar surface area (TPSA) is 179 Å². The molecule has 11 heteroatoms. The van der Waals surface area contributed by atoms with Gasteiger partial charge in [0.05, 0.1) is 17.6 Å². The lowest BCUT2D eigenvalue weighted by Crippen LogP contribution is -2.33. The first kappa shape index (κ1) is 15.8. The average Bonchev–Trinajstić information content (AvgIpc) is 2.95. The monoisotopic (exact) mass is 340 g/mol. The van der Waals surface area contributed by atoms with Gasteiger partial charge in [-0.25, -0.2) is 9.97 Å². The quantitative estimate of drug-likeness (QED) is 0.337. The van der Waals surface area contributed by atoms with Crippen molar-refractivity contribution in [2.75, 3.05) is 18.1 Å². The number of fused-ring (bicyclic) bond motifs is 1. The van der Waals surface area contributed by atoms with Gasteiger partial charge < -0.3 is 37.3 Å². The number of aromatic nitrogens is 3. The maximum Gasteiger partial charge on any atom is 0.166 e. The Labute approximate surface area is 135 Å². The molecule has 1 fully saturated rings. The Morgan fingerprint density at radius 2 is 2.00 bits per heavy atom. The number of aliphatic hydroxyl groups is 3. The molecule has 0 unspecified atom stereocenters. The molecule has 1 aliphatic heterocycles. The van der Waals surface area contributed by atoms with Crippen molar-refractivity contribution in [2.24, 2.45) is 5.73 Å². The van der Waals surface area contributed by atoms with Crippen LogP contribution in [-0.4, -0.2) is 59.8 Å². The Morgan fingerprint density at radius 1 is 1.30 bits per heavy atom. The summed E-state index contributed by atoms with van der Waals surface area (Å²) < 4.78 is 6.83. The van der Waals surface area contributed by atoms with Crippen LogP contribution in [0, 0.1) is 0 Å². The van der Waals surface area contributed by atoms with Gasteiger partial charge in [-0.3, -0.25) is 4.57 Å². The summed E-state index contributed by atoms with van der Waals surface area (Å²) in [6.07, 6.45) is -3.44. The molecule has 3 heterocycles. The molecule has 0 bridgehead atoms. The summed E-state index contributed by atoms with van der Waals surface area (Å²) in [7, 11) is 0. The van der Waals surface area contributed by atoms with Crippen LogP contribution in [0.15, 0.2) is 6.33 Å². The largest absolute Gasteiger partial charge is 0.394 e. The van der Waals surface area contributed by atoms with Crippen LogP contribution < -0.4 is 17.2 Å². The van der Waals surface area contributed by atoms with Crippen LogP contribution in [0.25, 0.3) is 11.0 Å². The summed E-state index contributed by atoms with van der Waals surface area (Å²) in [4.78, 5) is 7.97. The van der Waals surface area contributed by atoms with E-state index in [2.05, 4.69) is 9.97 Å². The Morgan fingerprint density at radius 3 is 2.57 bits per heavy atom. The molecule has 1 saturated heterocycles. The number of thiocarbonyl (C=S) groups is 1. The van der Waals surface area contributed by atoms with Crippen LogP contribution in [0.3, 0.4) is 0 Å². The Kier molecular flexibility index (Phi) is 3.82. The highest BCUT2D eigenvalue weighted by Crippen LogP contribution is 2.38. The highest BCUT2D eigenvalue weighted by atomic mass is 32.1. The fourth-order valence-electron chi connectivity index (χ4n) is 2.77. The van der Waals surface area contributed by atoms with Crippen molar-refractivity contribution in [3.63, 3.8) is 0 Å². The van der Waals surface area contributed by atoms with Crippen molar-refractivity contribution in [1.82, 2.24) is 14.5 Å². The zero-order valence-corrected chi connectivity index (χ0v) is 12.6. The van der Waals surface area contributed by atoms with Gasteiger partial charge in [0.15, 0.2) is 6.23 Å². The van der Waals surface area contributed by atoms with Gasteiger partial charge in [0.25, 0.3) is 0 Å². The van der Waals surface area contributed by atoms with Gasteiger partial charge in [-0.05, 0) is 0 Å². The highest BCUT2D eigenvalue weighted by Gasteiger charge is 2.45. The van der Waals surface area contributed by atoms with Gasteiger partial charge in [-0.2, -0.15) is 0 Å². The molecule has 0 spiro atoms. The van der Waals surface area contributed by atoms with Gasteiger partial charge >= 0.3 is 0 Å². The lowest BCUT2D eigenvalue weighted by atomic mass is 10.1. The summed E-state index contributed by atoms with van der Waals surface area (Å²) in [5.74, 6) is 0.199. The summed E-state index contributed by atoms with van der Waals surface area (Å²) in [6, 6.07) is 0. The van der Waals surface area contributed by atoms with Crippen LogP contribution in [0.4, 0.5) is 11.6 Å². The van der Waals surface area contributed by atoms with Crippen molar-refractivity contribution in [1.29, 1.82) is 0 Å². The van der Waals surface area contributed by atoms with Crippen LogP contribution >= 0.6 is 12.2 Å². The second-order valence-corrected chi connectivity index (χ2v) is 5.62. The molecule has 2 aromatic rings. The van der Waals surface area contributed by atoms with Gasteiger partial charge in [0.2, 0.25) is 0 Å². The Hall–Kier alpha value is -2.05. The van der Waals surface area contributed by atoms with E-state index in [-0.39, 0.29) is 27.8 Å². The first-order valence-corrected chi connectivity index (χ1v) is 7.11. The first-order chi connectivity index (χ1) is 10.9. The number of hydrogen-bond donors (Lipinski definition) is 6. The zero-order valence-electron chi connectivity index (χ0n) is 11.8. The van der Waals surface area contributed by atoms with Crippen molar-refractivity contribution in [2.45, 2.75) is 24.5 Å². The molecular formula is C12H16N6O4S. The third-order valence-corrected chi connectivity index (χ3v) is 4.07. The molecule has 9 N–H and O–H groups in total. The SMILES string of the molecule is NC(=S)c1c(N)n([C@@H]2O[C@@H](CO)[C@@H](O)[C@@H]2O)c2ncnc(N)c12. The smallest absolute Gasteiger partial charge is 0.166 e. The minimum absolute atomic E-state index is 0.0144. The molecule has 0 amide bonds. The van der Waals surface area contributed by atoms with E-state index in [1.165, 1.54) is 10.9 Å². The molecule has 4 atom stereocenters. The number of aliphatic hydroxyl groups excluding tert-OH is 3. The number of ether oxygens (including phenoxy) is 1. The molecule has 0 aromatic carbocycles. The summed E-state index contributed by atoms with van der Waals surface area (Å²) >= 11 is 5.00. The van der Waals surface area contributed by atoms with Crippen LogP contribution in [-0.2, 0) is 4.74 Å². The van der Waals surface area contributed by atoms with Crippen molar-refractivity contribution < 1.29 is 20.1 Å². The lowest BCUT2D eigenvalue weighted by molar-refractivity contribution is -0.0498. The van der Waals surface area contributed by atoms with E-state index >= 15 is 0 Å². The number of rotatable bonds is 3. The minimum atomic E-state index is -1.33. The van der Waals surface area contributed by atoms with E-state index in [9.17, 15) is 15.3 Å². The molecule has 0 radical (unpaired) electrons. The second-order valence-electron chi connectivity index (χ2n) is 5.18. The summed E-state index contributed by atoms with van der Waals surface area (Å²) in [5.41, 5.74) is 18.2. The molecule has 10 nitrogen and oxygen atoms in total. The van der Waals surface area contributed by atoms with Gasteiger partial charge in [0.1, 0.15) is 46.9 Å². The van der Waals surface area contributed by atoms with Crippen LogP contribution in [0.2, 0.25) is 0 Å². The van der Waals surface area contributed by atoms with Crippen LogP contribution in [0.5, 0.6) is 0 Å². The Bertz CT molecular complexity index is 780. The van der Waals surface area contributed by atoms with Crippen molar-refractivity contribution >= 4 is 39.9 Å². The van der Waals surface area contributed by atoms with E-state index in [0.717, 1.165) is 0 Å². The molecule has 1 aliphatic rings. The molecule has 23 heavy (non-hydrogen) atoms. The fraction of sp³-hybridized carbons (Fsp3) is 0.417. The zero-order chi connectivity index (χ0) is 16.9. The van der Waals surface area contributed by atoms with E-state index in [1.54, 1.807) is 0 Å². The molecule has 124 valence electrons. The number of nitrogen functional groups attached to an aromatic ring is 2. The van der Waals surface area contributed by atoms with Crippen LogP contribution in [0.1, 0.15) is 11.8 Å². The standard InChI is InChI=1S/C12H16N6O4S/c13-8-4-5(10(15)23)9(14)18(11(4)17-2-16-8)12-7(21)6(20)3(1-19)22-12/h2-3,6-7,12,19-21H,1,14H2,(H2,15,23)(H2,13,16,17)/t3-,6+,7-,12+/m0/s1. The molecule has 0 saturated carbocycles. The van der Waals surface area contributed by atoms with Gasteiger partial charge in [0, 0.05) is 0 Å². The van der Waals surface area contributed by atoms with E-state index in [0.29, 0.717) is 5.39 Å². The number of anilines is 2. The molecule has 0 aliphatic carbocycles. The third kappa shape index (κ3) is 2.21. The van der Waals surface area contributed by atoms with E-state index < -0.39 is 31.1 Å². The normalized spacial score (nSPS) is 27.6. The maximum absolute atomic E-state index is 10.2. The molecule has 3 rings (SSSR count). The van der Waals surface area contributed by atoms with Crippen molar-refractivity contribution in [3.8, 4) is 0 Å². The summed E-state index contributed by atoms with van der Waals surface area (Å²) in [5, 5.41) is 29.7. The third-order valence-electron chi connectivity index (χ3n) is 3.87. The van der Waals surface area contributed by atoms with E-state index in [1.807, 2.05) is 0 Å². The maximum atomic E-state index is 10.2. The highest BCUT2D eigenvalue weighted by molar-refractivity contribution is 7.80. The number of nitrogens with two attached hydrogens (primary N) is 3. The number of nitrogens with zero attached hydrogens (tertiary/aromatic N) is 3. The number of hydrogen-bond acceptors (Lipinski definition) is 9. The van der Waals surface area contributed by atoms with E-state index in [4.69, 9.17) is 34.2 Å². The predicted molar refractivity (Wildman–Crippen MR) is 85.2 cm³/mol. The molecule has 2 aromatic heterocycles. The fourth-order valence-corrected chi connectivity index (χ4v) is 2.98. The molecular weight excluding hydrogens is 324 g/mol. The first-order valence-electron chi connectivity index (χ1n) is 6.70. The Balaban J connectivity index is 2.25. The lowest BCUT2D eigenvalue weighted by Gasteiger charge is -2.19. The summed E-state index contributed by atoms with van der Waals surface area (Å²) in [6.45, 7) is -0.465. The second kappa shape index (κ2) is 5.54. The van der Waals surface area contributed by atoms with Crippen molar-refractivity contribution in [3.05, 3.63) is 11.9 Å². The predicted octanol–water partition coefficient (Wildman–Crippen LogP) is -2.16.